The van der Waals surface area contributed by atoms with Gasteiger partial charge in [0.1, 0.15) is 11.5 Å². The minimum atomic E-state index is -0.264. The third-order valence-electron chi connectivity index (χ3n) is 5.58. The van der Waals surface area contributed by atoms with Crippen LogP contribution in [0.2, 0.25) is 5.02 Å². The molecule has 0 saturated carbocycles. The zero-order valence-electron chi connectivity index (χ0n) is 15.8. The van der Waals surface area contributed by atoms with Crippen molar-refractivity contribution in [3.05, 3.63) is 102 Å². The van der Waals surface area contributed by atoms with E-state index in [0.717, 1.165) is 38.9 Å². The van der Waals surface area contributed by atoms with Gasteiger partial charge in [-0.1, -0.05) is 41.9 Å². The number of imidazole rings is 1. The summed E-state index contributed by atoms with van der Waals surface area (Å²) >= 11 is 6.64. The lowest BCUT2D eigenvalue weighted by molar-refractivity contribution is -0.510. The first-order chi connectivity index (χ1) is 14.7. The van der Waals surface area contributed by atoms with Crippen molar-refractivity contribution in [3.63, 3.8) is 0 Å². The van der Waals surface area contributed by atoms with E-state index in [9.17, 15) is 4.39 Å². The lowest BCUT2D eigenvalue weighted by Gasteiger charge is -2.04. The SMILES string of the molecule is Fc1ccc(-n2c[n+]3ccc4c5ccccc5[nH]c4c3c2-c2ccccc2Cl)cc1. The van der Waals surface area contributed by atoms with Crippen LogP contribution in [0, 0.1) is 5.82 Å². The molecule has 6 aromatic rings. The molecule has 144 valence electrons. The molecule has 0 fully saturated rings. The van der Waals surface area contributed by atoms with Crippen LogP contribution in [-0.2, 0) is 0 Å². The molecule has 1 N–H and O–H groups in total. The maximum Gasteiger partial charge on any atom is 0.254 e. The molecule has 0 bridgehead atoms. The van der Waals surface area contributed by atoms with Crippen molar-refractivity contribution in [2.75, 3.05) is 0 Å². The summed E-state index contributed by atoms with van der Waals surface area (Å²) in [6, 6.07) is 24.7. The maximum absolute atomic E-state index is 13.6. The van der Waals surface area contributed by atoms with Gasteiger partial charge in [0.15, 0.2) is 5.69 Å². The lowest BCUT2D eigenvalue weighted by atomic mass is 10.1. The minimum Gasteiger partial charge on any atom is -0.351 e. The average Bonchev–Trinajstić information content (AvgIpc) is 3.33. The Morgan fingerprint density at radius 3 is 2.43 bits per heavy atom. The van der Waals surface area contributed by atoms with Crippen molar-refractivity contribution in [2.24, 2.45) is 0 Å². The van der Waals surface area contributed by atoms with Crippen molar-refractivity contribution in [1.29, 1.82) is 0 Å². The van der Waals surface area contributed by atoms with Crippen LogP contribution in [0.4, 0.5) is 4.39 Å². The highest BCUT2D eigenvalue weighted by Crippen LogP contribution is 2.36. The van der Waals surface area contributed by atoms with Crippen molar-refractivity contribution in [1.82, 2.24) is 9.55 Å². The van der Waals surface area contributed by atoms with Gasteiger partial charge in [-0.2, -0.15) is 8.97 Å². The molecule has 3 nitrogen and oxygen atoms in total. The molecule has 0 atom stereocenters. The summed E-state index contributed by atoms with van der Waals surface area (Å²) in [7, 11) is 0. The first-order valence-corrected chi connectivity index (χ1v) is 10.0. The van der Waals surface area contributed by atoms with Crippen molar-refractivity contribution in [3.8, 4) is 16.9 Å². The summed E-state index contributed by atoms with van der Waals surface area (Å²) in [6.07, 6.45) is 4.06. The van der Waals surface area contributed by atoms with E-state index in [2.05, 4.69) is 38.3 Å². The molecule has 0 unspecified atom stereocenters. The van der Waals surface area contributed by atoms with E-state index in [-0.39, 0.29) is 5.82 Å². The van der Waals surface area contributed by atoms with Gasteiger partial charge in [-0.15, -0.1) is 0 Å². The summed E-state index contributed by atoms with van der Waals surface area (Å²) in [5.41, 5.74) is 5.86. The van der Waals surface area contributed by atoms with Crippen LogP contribution < -0.4 is 4.40 Å². The van der Waals surface area contributed by atoms with E-state index in [1.54, 1.807) is 12.1 Å². The number of nitrogens with one attached hydrogen (secondary N) is 1. The molecule has 0 amide bonds. The number of aromatic amines is 1. The number of para-hydroxylation sites is 1. The summed E-state index contributed by atoms with van der Waals surface area (Å²) in [4.78, 5) is 3.59. The monoisotopic (exact) mass is 412 g/mol. The van der Waals surface area contributed by atoms with Crippen LogP contribution >= 0.6 is 11.6 Å². The van der Waals surface area contributed by atoms with Gasteiger partial charge < -0.3 is 4.98 Å². The Morgan fingerprint density at radius 2 is 1.60 bits per heavy atom. The normalized spacial score (nSPS) is 11.7. The van der Waals surface area contributed by atoms with E-state index < -0.39 is 0 Å². The van der Waals surface area contributed by atoms with E-state index in [4.69, 9.17) is 11.6 Å². The topological polar surface area (TPSA) is 24.8 Å². The van der Waals surface area contributed by atoms with E-state index in [1.165, 1.54) is 17.5 Å². The number of pyridine rings is 1. The minimum absolute atomic E-state index is 0.264. The third kappa shape index (κ3) is 2.47. The number of rotatable bonds is 2. The Hall–Kier alpha value is -3.63. The summed E-state index contributed by atoms with van der Waals surface area (Å²) in [5.74, 6) is -0.264. The highest BCUT2D eigenvalue weighted by Gasteiger charge is 2.26. The predicted molar refractivity (Wildman–Crippen MR) is 119 cm³/mol. The molecule has 0 saturated heterocycles. The Morgan fingerprint density at radius 1 is 0.833 bits per heavy atom. The van der Waals surface area contributed by atoms with Crippen molar-refractivity contribution < 1.29 is 8.79 Å². The van der Waals surface area contributed by atoms with Crippen LogP contribution in [0.3, 0.4) is 0 Å². The van der Waals surface area contributed by atoms with Crippen LogP contribution in [0.5, 0.6) is 0 Å². The summed E-state index contributed by atoms with van der Waals surface area (Å²) < 4.78 is 17.7. The second-order valence-corrected chi connectivity index (χ2v) is 7.73. The predicted octanol–water partition coefficient (Wildman–Crippen LogP) is 6.31. The van der Waals surface area contributed by atoms with E-state index >= 15 is 0 Å². The number of hydrogen-bond acceptors (Lipinski definition) is 0. The molecule has 0 radical (unpaired) electrons. The fraction of sp³-hybridized carbons (Fsp3) is 0. The zero-order valence-corrected chi connectivity index (χ0v) is 16.6. The molecule has 0 aliphatic rings. The number of hydrogen-bond donors (Lipinski definition) is 1. The first kappa shape index (κ1) is 17.2. The zero-order chi connectivity index (χ0) is 20.2. The molecule has 30 heavy (non-hydrogen) atoms. The average molecular weight is 413 g/mol. The largest absolute Gasteiger partial charge is 0.351 e. The first-order valence-electron chi connectivity index (χ1n) is 9.67. The van der Waals surface area contributed by atoms with Gasteiger partial charge in [-0.25, -0.2) is 4.39 Å². The Balaban J connectivity index is 1.80. The van der Waals surface area contributed by atoms with Gasteiger partial charge in [0.2, 0.25) is 5.52 Å². The Bertz CT molecular complexity index is 1560. The van der Waals surface area contributed by atoms with Crippen molar-refractivity contribution in [2.45, 2.75) is 0 Å². The second-order valence-electron chi connectivity index (χ2n) is 7.32. The standard InChI is InChI=1S/C25H16ClFN3/c26-21-7-3-1-6-20(21)24-25-23-19(18-5-2-4-8-22(18)28-23)13-14-29(25)15-30(24)17-11-9-16(27)10-12-17/h1-15,28H/q+1. The summed E-state index contributed by atoms with van der Waals surface area (Å²) in [6.45, 7) is 0. The number of aromatic nitrogens is 3. The molecular formula is C25H16ClFN3+. The fourth-order valence-corrected chi connectivity index (χ4v) is 4.45. The van der Waals surface area contributed by atoms with Crippen LogP contribution in [0.15, 0.2) is 91.4 Å². The highest BCUT2D eigenvalue weighted by atomic mass is 35.5. The molecule has 0 aliphatic carbocycles. The molecule has 3 heterocycles. The van der Waals surface area contributed by atoms with Gasteiger partial charge in [-0.3, -0.25) is 0 Å². The Labute approximate surface area is 176 Å². The van der Waals surface area contributed by atoms with E-state index in [0.29, 0.717) is 5.02 Å². The summed E-state index contributed by atoms with van der Waals surface area (Å²) in [5, 5.41) is 2.99. The van der Waals surface area contributed by atoms with Crippen molar-refractivity contribution >= 4 is 38.9 Å². The van der Waals surface area contributed by atoms with Gasteiger partial charge in [-0.05, 0) is 48.5 Å². The lowest BCUT2D eigenvalue weighted by Crippen LogP contribution is -2.17. The number of benzene rings is 3. The third-order valence-corrected chi connectivity index (χ3v) is 5.91. The van der Waals surface area contributed by atoms with Gasteiger partial charge in [0, 0.05) is 21.9 Å². The molecular weight excluding hydrogens is 397 g/mol. The van der Waals surface area contributed by atoms with Crippen LogP contribution in [0.1, 0.15) is 0 Å². The molecule has 3 aromatic heterocycles. The second kappa shape index (κ2) is 6.44. The highest BCUT2D eigenvalue weighted by molar-refractivity contribution is 6.33. The van der Waals surface area contributed by atoms with Crippen LogP contribution in [-0.4, -0.2) is 9.55 Å². The van der Waals surface area contributed by atoms with Gasteiger partial charge in [0.05, 0.1) is 16.7 Å². The van der Waals surface area contributed by atoms with Crippen LogP contribution in [0.25, 0.3) is 44.3 Å². The molecule has 6 rings (SSSR count). The fourth-order valence-electron chi connectivity index (χ4n) is 4.22. The van der Waals surface area contributed by atoms with Gasteiger partial charge >= 0.3 is 0 Å². The number of nitrogens with zero attached hydrogens (tertiary/aromatic N) is 2. The maximum atomic E-state index is 13.6. The smallest absolute Gasteiger partial charge is 0.254 e. The quantitative estimate of drug-likeness (QED) is 0.322. The van der Waals surface area contributed by atoms with Gasteiger partial charge in [0.25, 0.3) is 6.33 Å². The van der Waals surface area contributed by atoms with E-state index in [1.807, 2.05) is 42.7 Å². The molecule has 5 heteroatoms. The molecule has 3 aromatic carbocycles. The molecule has 0 aliphatic heterocycles. The molecule has 0 spiro atoms. The number of fused-ring (bicyclic) bond motifs is 5. The number of halogens is 2. The Kier molecular flexibility index (Phi) is 3.70. The number of H-pyrrole nitrogens is 1.